The highest BCUT2D eigenvalue weighted by molar-refractivity contribution is 5.67. The Morgan fingerprint density at radius 1 is 1.29 bits per heavy atom. The average Bonchev–Trinajstić information content (AvgIpc) is 1.96. The van der Waals surface area contributed by atoms with Crippen molar-refractivity contribution in [2.75, 3.05) is 0 Å². The van der Waals surface area contributed by atoms with E-state index in [0.29, 0.717) is 0 Å². The smallest absolute Gasteiger partial charge is 0.407 e. The van der Waals surface area contributed by atoms with E-state index in [0.717, 1.165) is 19.3 Å². The summed E-state index contributed by atoms with van der Waals surface area (Å²) >= 11 is 0. The Bertz CT molecular complexity index is 238. The number of amides is 1. The van der Waals surface area contributed by atoms with E-state index in [9.17, 15) is 9.90 Å². The molecule has 0 heterocycles. The van der Waals surface area contributed by atoms with Crippen molar-refractivity contribution in [2.45, 2.75) is 78.0 Å². The molecule has 0 rings (SSSR count). The van der Waals surface area contributed by atoms with Crippen LogP contribution in [0.4, 0.5) is 4.79 Å². The maximum absolute atomic E-state index is 11.4. The monoisotopic (exact) mass is 245 g/mol. The molecule has 0 spiro atoms. The molecule has 0 aromatic heterocycles. The Morgan fingerprint density at radius 3 is 2.24 bits per heavy atom. The van der Waals surface area contributed by atoms with E-state index in [-0.39, 0.29) is 12.1 Å². The van der Waals surface area contributed by atoms with Crippen LogP contribution in [0, 0.1) is 0 Å². The van der Waals surface area contributed by atoms with Crippen LogP contribution in [0.1, 0.15) is 60.8 Å². The lowest BCUT2D eigenvalue weighted by Crippen LogP contribution is -2.37. The van der Waals surface area contributed by atoms with Crippen LogP contribution in [-0.2, 0) is 4.74 Å². The Hall–Kier alpha value is -0.770. The summed E-state index contributed by atoms with van der Waals surface area (Å²) in [7, 11) is 0. The third-order valence-corrected chi connectivity index (χ3v) is 2.19. The van der Waals surface area contributed by atoms with Gasteiger partial charge in [0.2, 0.25) is 0 Å². The second-order valence-electron chi connectivity index (χ2n) is 6.25. The van der Waals surface area contributed by atoms with Crippen LogP contribution in [0.5, 0.6) is 0 Å². The highest BCUT2D eigenvalue weighted by Gasteiger charge is 2.18. The minimum absolute atomic E-state index is 0.0622. The van der Waals surface area contributed by atoms with Gasteiger partial charge >= 0.3 is 6.09 Å². The van der Waals surface area contributed by atoms with Gasteiger partial charge in [-0.1, -0.05) is 0 Å². The molecule has 2 N–H and O–H groups in total. The number of hydrogen-bond donors (Lipinski definition) is 2. The molecule has 0 unspecified atom stereocenters. The van der Waals surface area contributed by atoms with Gasteiger partial charge < -0.3 is 15.2 Å². The minimum atomic E-state index is -0.633. The summed E-state index contributed by atoms with van der Waals surface area (Å²) in [6.45, 7) is 11.0. The van der Waals surface area contributed by atoms with E-state index in [4.69, 9.17) is 4.74 Å². The molecule has 0 bridgehead atoms. The van der Waals surface area contributed by atoms with Gasteiger partial charge in [0.1, 0.15) is 5.60 Å². The van der Waals surface area contributed by atoms with Crippen molar-refractivity contribution in [3.05, 3.63) is 0 Å². The number of carbonyl (C=O) groups excluding carboxylic acids is 1. The van der Waals surface area contributed by atoms with E-state index in [1.807, 2.05) is 27.7 Å². The van der Waals surface area contributed by atoms with Crippen molar-refractivity contribution < 1.29 is 14.6 Å². The molecule has 0 aliphatic rings. The highest BCUT2D eigenvalue weighted by Crippen LogP contribution is 2.13. The van der Waals surface area contributed by atoms with E-state index in [2.05, 4.69) is 5.32 Å². The van der Waals surface area contributed by atoms with E-state index in [1.54, 1.807) is 13.8 Å². The summed E-state index contributed by atoms with van der Waals surface area (Å²) in [5.41, 5.74) is -1.09. The number of ether oxygens (including phenoxy) is 1. The summed E-state index contributed by atoms with van der Waals surface area (Å²) in [6, 6.07) is 0.0622. The fourth-order valence-electron chi connectivity index (χ4n) is 1.42. The van der Waals surface area contributed by atoms with Gasteiger partial charge in [-0.3, -0.25) is 0 Å². The second kappa shape index (κ2) is 6.24. The number of rotatable bonds is 5. The van der Waals surface area contributed by atoms with Crippen molar-refractivity contribution in [2.24, 2.45) is 0 Å². The highest BCUT2D eigenvalue weighted by atomic mass is 16.6. The molecule has 17 heavy (non-hydrogen) atoms. The Morgan fingerprint density at radius 2 is 1.82 bits per heavy atom. The lowest BCUT2D eigenvalue weighted by atomic mass is 10.00. The van der Waals surface area contributed by atoms with Gasteiger partial charge in [-0.05, 0) is 60.8 Å². The van der Waals surface area contributed by atoms with Crippen molar-refractivity contribution in [1.29, 1.82) is 0 Å². The zero-order valence-corrected chi connectivity index (χ0v) is 12.0. The number of carbonyl (C=O) groups is 1. The molecule has 0 radical (unpaired) electrons. The Kier molecular flexibility index (Phi) is 5.96. The standard InChI is InChI=1S/C13H27NO3/c1-10(8-7-9-13(5,6)16)14-11(15)17-12(2,3)4/h10,16H,7-9H2,1-6H3,(H,14,15)/t10-/m1/s1. The van der Waals surface area contributed by atoms with Gasteiger partial charge in [-0.2, -0.15) is 0 Å². The van der Waals surface area contributed by atoms with Gasteiger partial charge in [-0.25, -0.2) is 4.79 Å². The first-order valence-corrected chi connectivity index (χ1v) is 6.21. The molecule has 0 aromatic carbocycles. The van der Waals surface area contributed by atoms with E-state index < -0.39 is 11.2 Å². The molecule has 0 aliphatic carbocycles. The van der Waals surface area contributed by atoms with Crippen LogP contribution >= 0.6 is 0 Å². The topological polar surface area (TPSA) is 58.6 Å². The molecular weight excluding hydrogens is 218 g/mol. The lowest BCUT2D eigenvalue weighted by Gasteiger charge is -2.22. The predicted molar refractivity (Wildman–Crippen MR) is 69.0 cm³/mol. The van der Waals surface area contributed by atoms with Crippen molar-refractivity contribution in [1.82, 2.24) is 5.32 Å². The van der Waals surface area contributed by atoms with Crippen LogP contribution in [0.25, 0.3) is 0 Å². The summed E-state index contributed by atoms with van der Waals surface area (Å²) in [5.74, 6) is 0. The lowest BCUT2D eigenvalue weighted by molar-refractivity contribution is 0.0499. The van der Waals surface area contributed by atoms with Gasteiger partial charge in [0.05, 0.1) is 5.60 Å². The molecule has 4 heteroatoms. The summed E-state index contributed by atoms with van der Waals surface area (Å²) in [5, 5.41) is 12.3. The van der Waals surface area contributed by atoms with E-state index >= 15 is 0 Å². The summed E-state index contributed by atoms with van der Waals surface area (Å²) < 4.78 is 5.16. The first-order valence-electron chi connectivity index (χ1n) is 6.21. The van der Waals surface area contributed by atoms with Gasteiger partial charge in [-0.15, -0.1) is 0 Å². The largest absolute Gasteiger partial charge is 0.444 e. The first kappa shape index (κ1) is 16.2. The maximum atomic E-state index is 11.4. The molecule has 4 nitrogen and oxygen atoms in total. The molecule has 1 atom stereocenters. The van der Waals surface area contributed by atoms with Crippen molar-refractivity contribution in [3.8, 4) is 0 Å². The minimum Gasteiger partial charge on any atom is -0.444 e. The molecule has 102 valence electrons. The van der Waals surface area contributed by atoms with Crippen LogP contribution in [0.2, 0.25) is 0 Å². The number of aliphatic hydroxyl groups is 1. The predicted octanol–water partition coefficient (Wildman–Crippen LogP) is 2.84. The van der Waals surface area contributed by atoms with Crippen LogP contribution in [0.15, 0.2) is 0 Å². The molecular formula is C13H27NO3. The maximum Gasteiger partial charge on any atom is 0.407 e. The first-order chi connectivity index (χ1) is 7.49. The normalized spacial score (nSPS) is 14.3. The molecule has 0 aromatic rings. The zero-order valence-electron chi connectivity index (χ0n) is 12.0. The molecule has 0 saturated carbocycles. The quantitative estimate of drug-likeness (QED) is 0.783. The molecule has 0 saturated heterocycles. The van der Waals surface area contributed by atoms with Gasteiger partial charge in [0.15, 0.2) is 0 Å². The Labute approximate surface area is 105 Å². The van der Waals surface area contributed by atoms with Gasteiger partial charge in [0, 0.05) is 6.04 Å². The summed E-state index contributed by atoms with van der Waals surface area (Å²) in [4.78, 5) is 11.4. The van der Waals surface area contributed by atoms with Crippen molar-refractivity contribution >= 4 is 6.09 Å². The zero-order chi connectivity index (χ0) is 13.7. The number of hydrogen-bond acceptors (Lipinski definition) is 3. The molecule has 0 aliphatic heterocycles. The Balaban J connectivity index is 3.79. The third kappa shape index (κ3) is 11.5. The summed E-state index contributed by atoms with van der Waals surface area (Å²) in [6.07, 6.45) is 2.06. The van der Waals surface area contributed by atoms with Crippen LogP contribution in [0.3, 0.4) is 0 Å². The molecule has 0 fully saturated rings. The van der Waals surface area contributed by atoms with Gasteiger partial charge in [0.25, 0.3) is 0 Å². The average molecular weight is 245 g/mol. The number of nitrogens with one attached hydrogen (secondary N) is 1. The fraction of sp³-hybridized carbons (Fsp3) is 0.923. The van der Waals surface area contributed by atoms with E-state index in [1.165, 1.54) is 0 Å². The fourth-order valence-corrected chi connectivity index (χ4v) is 1.42. The third-order valence-electron chi connectivity index (χ3n) is 2.19. The SMILES string of the molecule is C[C@H](CCCC(C)(C)O)NC(=O)OC(C)(C)C. The second-order valence-corrected chi connectivity index (χ2v) is 6.25. The number of alkyl carbamates (subject to hydrolysis) is 1. The van der Waals surface area contributed by atoms with Crippen LogP contribution in [-0.4, -0.2) is 28.4 Å². The van der Waals surface area contributed by atoms with Crippen LogP contribution < -0.4 is 5.32 Å². The van der Waals surface area contributed by atoms with Crippen molar-refractivity contribution in [3.63, 3.8) is 0 Å². The molecule has 1 amide bonds.